The fourth-order valence-corrected chi connectivity index (χ4v) is 2.60. The molecule has 2 N–H and O–H groups in total. The van der Waals surface area contributed by atoms with Crippen molar-refractivity contribution in [3.8, 4) is 5.88 Å². The zero-order valence-electron chi connectivity index (χ0n) is 12.1. The number of carboxylic acids is 1. The van der Waals surface area contributed by atoms with Crippen LogP contribution in [0.4, 0.5) is 5.82 Å². The highest BCUT2D eigenvalue weighted by atomic mass is 16.5. The minimum absolute atomic E-state index is 0.435. The third-order valence-electron chi connectivity index (χ3n) is 3.93. The molecule has 20 heavy (non-hydrogen) atoms. The Kier molecular flexibility index (Phi) is 4.11. The molecule has 0 unspecified atom stereocenters. The van der Waals surface area contributed by atoms with E-state index in [4.69, 9.17) is 4.74 Å². The molecule has 1 aliphatic rings. The minimum Gasteiger partial charge on any atom is -0.481 e. The van der Waals surface area contributed by atoms with Gasteiger partial charge in [-0.2, -0.15) is 4.98 Å². The van der Waals surface area contributed by atoms with Crippen LogP contribution in [0.3, 0.4) is 0 Å². The normalized spacial score (nSPS) is 26.1. The van der Waals surface area contributed by atoms with Crippen molar-refractivity contribution in [2.45, 2.75) is 45.1 Å². The van der Waals surface area contributed by atoms with E-state index in [1.807, 2.05) is 0 Å². The number of carbonyl (C=O) groups is 1. The van der Waals surface area contributed by atoms with Crippen LogP contribution in [-0.4, -0.2) is 33.7 Å². The number of carboxylic acid groups (broad SMARTS) is 1. The standard InChI is InChI=1S/C14H21N3O3/c1-9-4-6-14(7-5-9,13(18)19)17-11-8-12(20-3)16-10(2)15-11/h8-9H,4-7H2,1-3H3,(H,18,19)(H,15,16,17). The van der Waals surface area contributed by atoms with E-state index in [-0.39, 0.29) is 0 Å². The van der Waals surface area contributed by atoms with Crippen molar-refractivity contribution in [2.75, 3.05) is 12.4 Å². The SMILES string of the molecule is COc1cc(NC2(C(=O)O)CCC(C)CC2)nc(C)n1. The monoisotopic (exact) mass is 279 g/mol. The number of anilines is 1. The molecule has 110 valence electrons. The lowest BCUT2D eigenvalue weighted by atomic mass is 9.77. The molecule has 0 spiro atoms. The molecule has 1 aliphatic carbocycles. The van der Waals surface area contributed by atoms with Crippen LogP contribution in [0.1, 0.15) is 38.4 Å². The summed E-state index contributed by atoms with van der Waals surface area (Å²) in [5, 5.41) is 12.7. The summed E-state index contributed by atoms with van der Waals surface area (Å²) >= 11 is 0. The second-order valence-corrected chi connectivity index (χ2v) is 5.54. The fourth-order valence-electron chi connectivity index (χ4n) is 2.60. The Morgan fingerprint density at radius 2 is 2.10 bits per heavy atom. The van der Waals surface area contributed by atoms with Gasteiger partial charge in [0.25, 0.3) is 0 Å². The Bertz CT molecular complexity index is 496. The number of nitrogens with zero attached hydrogens (tertiary/aromatic N) is 2. The van der Waals surface area contributed by atoms with Gasteiger partial charge in [-0.25, -0.2) is 9.78 Å². The first kappa shape index (κ1) is 14.6. The molecule has 6 nitrogen and oxygen atoms in total. The van der Waals surface area contributed by atoms with E-state index in [1.165, 1.54) is 7.11 Å². The van der Waals surface area contributed by atoms with E-state index in [9.17, 15) is 9.90 Å². The largest absolute Gasteiger partial charge is 0.481 e. The van der Waals surface area contributed by atoms with Gasteiger partial charge in [0.2, 0.25) is 5.88 Å². The molecule has 1 aromatic heterocycles. The molecule has 0 radical (unpaired) electrons. The summed E-state index contributed by atoms with van der Waals surface area (Å²) in [6.07, 6.45) is 3.02. The number of aromatic nitrogens is 2. The number of rotatable bonds is 4. The Balaban J connectivity index is 2.24. The lowest BCUT2D eigenvalue weighted by Gasteiger charge is -2.36. The highest BCUT2D eigenvalue weighted by Crippen LogP contribution is 2.35. The zero-order chi connectivity index (χ0) is 14.8. The molecule has 1 heterocycles. The molecule has 0 bridgehead atoms. The third kappa shape index (κ3) is 3.00. The summed E-state index contributed by atoms with van der Waals surface area (Å²) in [6, 6.07) is 1.63. The van der Waals surface area contributed by atoms with Crippen molar-refractivity contribution >= 4 is 11.8 Å². The summed E-state index contributed by atoms with van der Waals surface area (Å²) in [5.41, 5.74) is -0.932. The molecule has 6 heteroatoms. The van der Waals surface area contributed by atoms with Gasteiger partial charge >= 0.3 is 5.97 Å². The van der Waals surface area contributed by atoms with Gasteiger partial charge < -0.3 is 15.2 Å². The zero-order valence-corrected chi connectivity index (χ0v) is 12.1. The number of hydrogen-bond acceptors (Lipinski definition) is 5. The molecule has 0 saturated heterocycles. The molecule has 0 aliphatic heterocycles. The predicted octanol–water partition coefficient (Wildman–Crippen LogP) is 2.24. The second-order valence-electron chi connectivity index (χ2n) is 5.54. The van der Waals surface area contributed by atoms with Gasteiger partial charge in [0, 0.05) is 6.07 Å². The van der Waals surface area contributed by atoms with Gasteiger partial charge in [0.15, 0.2) is 0 Å². The van der Waals surface area contributed by atoms with Gasteiger partial charge in [0.1, 0.15) is 17.2 Å². The number of aryl methyl sites for hydroxylation is 1. The van der Waals surface area contributed by atoms with Crippen molar-refractivity contribution in [2.24, 2.45) is 5.92 Å². The average molecular weight is 279 g/mol. The Morgan fingerprint density at radius 3 is 2.65 bits per heavy atom. The van der Waals surface area contributed by atoms with Crippen LogP contribution in [-0.2, 0) is 4.79 Å². The van der Waals surface area contributed by atoms with Crippen LogP contribution in [0, 0.1) is 12.8 Å². The van der Waals surface area contributed by atoms with Crippen LogP contribution >= 0.6 is 0 Å². The Hall–Kier alpha value is -1.85. The topological polar surface area (TPSA) is 84.3 Å². The average Bonchev–Trinajstić information content (AvgIpc) is 2.40. The lowest BCUT2D eigenvalue weighted by molar-refractivity contribution is -0.143. The van der Waals surface area contributed by atoms with Crippen molar-refractivity contribution in [3.63, 3.8) is 0 Å². The first-order chi connectivity index (χ1) is 9.45. The summed E-state index contributed by atoms with van der Waals surface area (Å²) in [4.78, 5) is 20.1. The van der Waals surface area contributed by atoms with E-state index >= 15 is 0 Å². The van der Waals surface area contributed by atoms with E-state index in [0.717, 1.165) is 12.8 Å². The second kappa shape index (κ2) is 5.64. The first-order valence-corrected chi connectivity index (χ1v) is 6.86. The highest BCUT2D eigenvalue weighted by molar-refractivity contribution is 5.82. The lowest BCUT2D eigenvalue weighted by Crippen LogP contribution is -2.49. The van der Waals surface area contributed by atoms with E-state index in [0.29, 0.717) is 36.3 Å². The van der Waals surface area contributed by atoms with Crippen molar-refractivity contribution in [1.82, 2.24) is 9.97 Å². The molecule has 0 atom stereocenters. The molecule has 1 saturated carbocycles. The van der Waals surface area contributed by atoms with Crippen LogP contribution in [0.25, 0.3) is 0 Å². The molecule has 1 fully saturated rings. The number of methoxy groups -OCH3 is 1. The van der Waals surface area contributed by atoms with Gasteiger partial charge in [-0.15, -0.1) is 0 Å². The predicted molar refractivity (Wildman–Crippen MR) is 74.9 cm³/mol. The van der Waals surface area contributed by atoms with Crippen LogP contribution in [0.15, 0.2) is 6.07 Å². The van der Waals surface area contributed by atoms with E-state index < -0.39 is 11.5 Å². The van der Waals surface area contributed by atoms with Gasteiger partial charge in [-0.1, -0.05) is 6.92 Å². The molecule has 0 aromatic carbocycles. The van der Waals surface area contributed by atoms with E-state index in [2.05, 4.69) is 22.2 Å². The molecular weight excluding hydrogens is 258 g/mol. The maximum atomic E-state index is 11.7. The summed E-state index contributed by atoms with van der Waals surface area (Å²) in [6.45, 7) is 3.91. The third-order valence-corrected chi connectivity index (χ3v) is 3.93. The van der Waals surface area contributed by atoms with Gasteiger partial charge in [-0.05, 0) is 38.5 Å². The van der Waals surface area contributed by atoms with Gasteiger partial charge in [-0.3, -0.25) is 0 Å². The molecule has 2 rings (SSSR count). The van der Waals surface area contributed by atoms with Crippen LogP contribution < -0.4 is 10.1 Å². The quantitative estimate of drug-likeness (QED) is 0.879. The summed E-state index contributed by atoms with van der Waals surface area (Å²) in [7, 11) is 1.53. The summed E-state index contributed by atoms with van der Waals surface area (Å²) in [5.74, 6) is 1.25. The smallest absolute Gasteiger partial charge is 0.329 e. The van der Waals surface area contributed by atoms with E-state index in [1.54, 1.807) is 13.0 Å². The van der Waals surface area contributed by atoms with Crippen LogP contribution in [0.5, 0.6) is 5.88 Å². The fraction of sp³-hybridized carbons (Fsp3) is 0.643. The molecular formula is C14H21N3O3. The Labute approximate surface area is 118 Å². The maximum Gasteiger partial charge on any atom is 0.329 e. The van der Waals surface area contributed by atoms with Crippen molar-refractivity contribution in [3.05, 3.63) is 11.9 Å². The van der Waals surface area contributed by atoms with Crippen molar-refractivity contribution < 1.29 is 14.6 Å². The number of hydrogen-bond donors (Lipinski definition) is 2. The summed E-state index contributed by atoms with van der Waals surface area (Å²) < 4.78 is 5.10. The number of ether oxygens (including phenoxy) is 1. The Morgan fingerprint density at radius 1 is 1.45 bits per heavy atom. The maximum absolute atomic E-state index is 11.7. The highest BCUT2D eigenvalue weighted by Gasteiger charge is 2.41. The van der Waals surface area contributed by atoms with Crippen molar-refractivity contribution in [1.29, 1.82) is 0 Å². The molecule has 1 aromatic rings. The molecule has 0 amide bonds. The first-order valence-electron chi connectivity index (χ1n) is 6.86. The number of aliphatic carboxylic acids is 1. The van der Waals surface area contributed by atoms with Crippen LogP contribution in [0.2, 0.25) is 0 Å². The minimum atomic E-state index is -0.932. The number of nitrogens with one attached hydrogen (secondary N) is 1. The van der Waals surface area contributed by atoms with Gasteiger partial charge in [0.05, 0.1) is 7.11 Å².